The van der Waals surface area contributed by atoms with E-state index in [2.05, 4.69) is 91.4 Å². The van der Waals surface area contributed by atoms with Crippen LogP contribution in [-0.4, -0.2) is 29.9 Å². The van der Waals surface area contributed by atoms with Crippen molar-refractivity contribution in [3.8, 4) is 0 Å². The van der Waals surface area contributed by atoms with Gasteiger partial charge in [-0.3, -0.25) is 9.97 Å². The van der Waals surface area contributed by atoms with Gasteiger partial charge in [-0.05, 0) is 58.7 Å². The molecule has 0 aliphatic carbocycles. The van der Waals surface area contributed by atoms with Crippen LogP contribution in [0.15, 0.2) is 86.2 Å². The maximum absolute atomic E-state index is 4.07. The minimum absolute atomic E-state index is 0.436. The Balaban J connectivity index is 0.000000240. The summed E-state index contributed by atoms with van der Waals surface area (Å²) in [5, 5.41) is 0. The third-order valence-corrected chi connectivity index (χ3v) is 5.07. The summed E-state index contributed by atoms with van der Waals surface area (Å²) in [5.41, 5.74) is 3.85. The Labute approximate surface area is 217 Å². The summed E-state index contributed by atoms with van der Waals surface area (Å²) in [6.45, 7) is 17.1. The van der Waals surface area contributed by atoms with Gasteiger partial charge in [-0.25, -0.2) is 19.9 Å². The van der Waals surface area contributed by atoms with Crippen LogP contribution in [0.5, 0.6) is 0 Å². The Morgan fingerprint density at radius 2 is 0.972 bits per heavy atom. The molecule has 4 rings (SSSR count). The van der Waals surface area contributed by atoms with E-state index in [1.54, 1.807) is 24.9 Å². The quantitative estimate of drug-likeness (QED) is 0.295. The monoisotopic (exact) mass is 486 g/mol. The van der Waals surface area contributed by atoms with Crippen molar-refractivity contribution in [3.63, 3.8) is 0 Å². The van der Waals surface area contributed by atoms with E-state index in [1.165, 1.54) is 16.7 Å². The van der Waals surface area contributed by atoms with E-state index in [0.29, 0.717) is 23.7 Å². The highest BCUT2D eigenvalue weighted by atomic mass is 14.9. The highest BCUT2D eigenvalue weighted by Gasteiger charge is 1.98. The number of aromatic nitrogens is 6. The molecule has 4 heterocycles. The Morgan fingerprint density at radius 1 is 0.444 bits per heavy atom. The minimum Gasteiger partial charge on any atom is -0.265 e. The lowest BCUT2D eigenvalue weighted by molar-refractivity contribution is 0.774. The van der Waals surface area contributed by atoms with Gasteiger partial charge in [0.2, 0.25) is 0 Å². The van der Waals surface area contributed by atoms with E-state index in [1.807, 2.05) is 55.2 Å². The van der Waals surface area contributed by atoms with Crippen LogP contribution in [-0.2, 0) is 0 Å². The lowest BCUT2D eigenvalue weighted by Gasteiger charge is -2.01. The van der Waals surface area contributed by atoms with E-state index in [0.717, 1.165) is 5.82 Å². The molecule has 0 unspecified atom stereocenters. The predicted octanol–water partition coefficient (Wildman–Crippen LogP) is 7.61. The maximum atomic E-state index is 4.07. The molecule has 0 bridgehead atoms. The van der Waals surface area contributed by atoms with E-state index in [9.17, 15) is 0 Å². The van der Waals surface area contributed by atoms with Crippen molar-refractivity contribution in [3.05, 3.63) is 109 Å². The Hall–Kier alpha value is -3.54. The van der Waals surface area contributed by atoms with Gasteiger partial charge in [0, 0.05) is 55.5 Å². The normalized spacial score (nSPS) is 10.1. The van der Waals surface area contributed by atoms with Crippen molar-refractivity contribution in [2.24, 2.45) is 0 Å². The molecule has 0 saturated heterocycles. The molecule has 4 aromatic rings. The van der Waals surface area contributed by atoms with Gasteiger partial charge in [0.1, 0.15) is 12.2 Å². The van der Waals surface area contributed by atoms with Crippen LogP contribution in [0.25, 0.3) is 0 Å². The van der Waals surface area contributed by atoms with Crippen molar-refractivity contribution in [2.45, 2.75) is 79.1 Å². The Bertz CT molecular complexity index is 848. The van der Waals surface area contributed by atoms with Crippen LogP contribution < -0.4 is 0 Å². The smallest absolute Gasteiger partial charge is 0.130 e. The fourth-order valence-electron chi connectivity index (χ4n) is 2.68. The molecule has 192 valence electrons. The molecule has 0 aliphatic heterocycles. The standard InChI is InChI=1S/2C8H11N.2C7H10N2/c1-7(2)8-3-5-9-6-4-8;1-7(2)8-4-3-5-9-6-8;1-6(2)7-3-8-5-9-4-7;1-6(2)7-8-4-3-5-9-7/h2*3-7H,1-2H3;2*3-6H,1-2H3. The number of hydrogen-bond donors (Lipinski definition) is 0. The van der Waals surface area contributed by atoms with Gasteiger partial charge in [-0.15, -0.1) is 0 Å². The summed E-state index contributed by atoms with van der Waals surface area (Å²) in [6.07, 6.45) is 16.1. The molecule has 0 radical (unpaired) electrons. The van der Waals surface area contributed by atoms with Gasteiger partial charge in [0.15, 0.2) is 0 Å². The predicted molar refractivity (Wildman–Crippen MR) is 149 cm³/mol. The van der Waals surface area contributed by atoms with E-state index >= 15 is 0 Å². The van der Waals surface area contributed by atoms with Crippen LogP contribution in [0.4, 0.5) is 0 Å². The molecule has 6 heteroatoms. The van der Waals surface area contributed by atoms with Gasteiger partial charge in [-0.1, -0.05) is 61.5 Å². The van der Waals surface area contributed by atoms with Crippen molar-refractivity contribution in [2.75, 3.05) is 0 Å². The largest absolute Gasteiger partial charge is 0.265 e. The molecule has 0 aliphatic rings. The molecule has 0 fully saturated rings. The number of rotatable bonds is 4. The molecule has 4 aromatic heterocycles. The second-order valence-electron chi connectivity index (χ2n) is 9.46. The molecule has 0 amide bonds. The third kappa shape index (κ3) is 13.4. The molecule has 36 heavy (non-hydrogen) atoms. The summed E-state index contributed by atoms with van der Waals surface area (Å²) >= 11 is 0. The van der Waals surface area contributed by atoms with Crippen LogP contribution in [0.1, 0.15) is 102 Å². The maximum Gasteiger partial charge on any atom is 0.130 e. The van der Waals surface area contributed by atoms with Crippen LogP contribution >= 0.6 is 0 Å². The third-order valence-electron chi connectivity index (χ3n) is 5.07. The van der Waals surface area contributed by atoms with E-state index in [4.69, 9.17) is 0 Å². The minimum atomic E-state index is 0.436. The second-order valence-corrected chi connectivity index (χ2v) is 9.46. The first-order valence-electron chi connectivity index (χ1n) is 12.5. The van der Waals surface area contributed by atoms with Gasteiger partial charge >= 0.3 is 0 Å². The summed E-state index contributed by atoms with van der Waals surface area (Å²) in [6, 6.07) is 9.98. The average molecular weight is 487 g/mol. The molecule has 0 aromatic carbocycles. The molecule has 0 saturated carbocycles. The first-order valence-corrected chi connectivity index (χ1v) is 12.5. The number of hydrogen-bond acceptors (Lipinski definition) is 6. The first-order chi connectivity index (χ1) is 17.2. The summed E-state index contributed by atoms with van der Waals surface area (Å²) in [7, 11) is 0. The van der Waals surface area contributed by atoms with Crippen LogP contribution in [0.2, 0.25) is 0 Å². The topological polar surface area (TPSA) is 77.3 Å². The molecular formula is C30H42N6. The molecule has 0 N–H and O–H groups in total. The highest BCUT2D eigenvalue weighted by Crippen LogP contribution is 2.11. The van der Waals surface area contributed by atoms with Gasteiger partial charge in [0.05, 0.1) is 0 Å². The zero-order valence-electron chi connectivity index (χ0n) is 23.1. The van der Waals surface area contributed by atoms with E-state index < -0.39 is 0 Å². The average Bonchev–Trinajstić information content (AvgIpc) is 2.92. The van der Waals surface area contributed by atoms with Gasteiger partial charge in [-0.2, -0.15) is 0 Å². The summed E-state index contributed by atoms with van der Waals surface area (Å²) in [5.74, 6) is 3.10. The van der Waals surface area contributed by atoms with Crippen LogP contribution in [0, 0.1) is 0 Å². The number of pyridine rings is 2. The molecule has 0 atom stereocenters. The zero-order chi connectivity index (χ0) is 26.8. The molecule has 0 spiro atoms. The number of nitrogens with zero attached hydrogens (tertiary/aromatic N) is 6. The first kappa shape index (κ1) is 30.5. The SMILES string of the molecule is CC(C)c1cccnc1.CC(C)c1ccncc1.CC(C)c1cncnc1.CC(C)c1ncccn1. The zero-order valence-corrected chi connectivity index (χ0v) is 23.1. The van der Waals surface area contributed by atoms with Crippen molar-refractivity contribution in [1.82, 2.24) is 29.9 Å². The fraction of sp³-hybridized carbons (Fsp3) is 0.400. The molecular weight excluding hydrogens is 444 g/mol. The van der Waals surface area contributed by atoms with Gasteiger partial charge < -0.3 is 0 Å². The lowest BCUT2D eigenvalue weighted by atomic mass is 10.1. The summed E-state index contributed by atoms with van der Waals surface area (Å²) in [4.78, 5) is 23.9. The molecule has 6 nitrogen and oxygen atoms in total. The Morgan fingerprint density at radius 3 is 1.31 bits per heavy atom. The van der Waals surface area contributed by atoms with Crippen molar-refractivity contribution in [1.29, 1.82) is 0 Å². The lowest BCUT2D eigenvalue weighted by Crippen LogP contribution is -1.93. The van der Waals surface area contributed by atoms with Crippen molar-refractivity contribution >= 4 is 0 Å². The fourth-order valence-corrected chi connectivity index (χ4v) is 2.68. The second kappa shape index (κ2) is 17.8. The van der Waals surface area contributed by atoms with Gasteiger partial charge in [0.25, 0.3) is 0 Å². The van der Waals surface area contributed by atoms with Crippen molar-refractivity contribution < 1.29 is 0 Å². The Kier molecular flexibility index (Phi) is 15.1. The van der Waals surface area contributed by atoms with Crippen LogP contribution in [0.3, 0.4) is 0 Å². The van der Waals surface area contributed by atoms with E-state index in [-0.39, 0.29) is 0 Å². The summed E-state index contributed by atoms with van der Waals surface area (Å²) < 4.78 is 0. The highest BCUT2D eigenvalue weighted by molar-refractivity contribution is 5.13.